The molecule has 0 aromatic rings. The maximum absolute atomic E-state index is 9.10. The molecule has 0 heterocycles. The molecule has 0 saturated carbocycles. The summed E-state index contributed by atoms with van der Waals surface area (Å²) in [6.07, 6.45) is 6.99. The van der Waals surface area contributed by atoms with Crippen molar-refractivity contribution in [2.75, 3.05) is 7.05 Å². The Morgan fingerprint density at radius 2 is 2.23 bits per heavy atom. The third kappa shape index (κ3) is 7.54. The zero-order chi connectivity index (χ0) is 10.3. The topological polar surface area (TPSA) is 35.8 Å². The van der Waals surface area contributed by atoms with E-state index in [1.165, 1.54) is 0 Å². The van der Waals surface area contributed by atoms with Crippen LogP contribution >= 0.6 is 9.39 Å². The summed E-state index contributed by atoms with van der Waals surface area (Å²) in [6.45, 7) is 3.78. The van der Waals surface area contributed by atoms with E-state index in [2.05, 4.69) is 14.5 Å². The van der Waals surface area contributed by atoms with Gasteiger partial charge in [0.2, 0.25) is 0 Å². The lowest BCUT2D eigenvalue weighted by molar-refractivity contribution is 0.431. The van der Waals surface area contributed by atoms with Crippen LogP contribution in [0.25, 0.3) is 0 Å². The van der Waals surface area contributed by atoms with Crippen molar-refractivity contribution in [1.29, 1.82) is 0 Å². The predicted molar refractivity (Wildman–Crippen MR) is 60.7 cm³/mol. The van der Waals surface area contributed by atoms with Gasteiger partial charge in [0.25, 0.3) is 0 Å². The maximum Gasteiger partial charge on any atom is 0.111 e. The van der Waals surface area contributed by atoms with Gasteiger partial charge >= 0.3 is 0 Å². The van der Waals surface area contributed by atoms with Crippen molar-refractivity contribution in [3.8, 4) is 0 Å². The number of hydrogen-bond acceptors (Lipinski definition) is 3. The molecule has 2 atom stereocenters. The van der Waals surface area contributed by atoms with Gasteiger partial charge in [0, 0.05) is 19.2 Å². The molecule has 0 bridgehead atoms. The number of allylic oxidation sites excluding steroid dienone is 3. The van der Waals surface area contributed by atoms with Crippen LogP contribution in [-0.4, -0.2) is 23.1 Å². The largest absolute Gasteiger partial charge is 0.508 e. The first-order chi connectivity index (χ1) is 6.06. The molecule has 0 spiro atoms. The lowest BCUT2D eigenvalue weighted by Gasteiger charge is -2.03. The SMILES string of the molecule is C/C=C(O)\C=C/C(C)/C=N/N(C)P. The van der Waals surface area contributed by atoms with Crippen LogP contribution in [0.3, 0.4) is 0 Å². The fraction of sp³-hybridized carbons (Fsp3) is 0.444. The highest BCUT2D eigenvalue weighted by Crippen LogP contribution is 1.99. The fourth-order valence-electron chi connectivity index (χ4n) is 0.607. The number of aliphatic hydroxyl groups excluding tert-OH is 1. The Bertz CT molecular complexity index is 222. The highest BCUT2D eigenvalue weighted by molar-refractivity contribution is 7.13. The van der Waals surface area contributed by atoms with Gasteiger partial charge in [0.1, 0.15) is 5.76 Å². The summed E-state index contributed by atoms with van der Waals surface area (Å²) in [6, 6.07) is 0. The van der Waals surface area contributed by atoms with Crippen LogP contribution in [0.4, 0.5) is 0 Å². The molecular weight excluding hydrogens is 183 g/mol. The Morgan fingerprint density at radius 1 is 1.62 bits per heavy atom. The average Bonchev–Trinajstić information content (AvgIpc) is 2.10. The van der Waals surface area contributed by atoms with Crippen LogP contribution in [0.2, 0.25) is 0 Å². The van der Waals surface area contributed by atoms with Crippen molar-refractivity contribution < 1.29 is 5.11 Å². The standard InChI is InChI=1S/C9H17N2OP/c1-4-9(12)6-5-8(2)7-10-11(3)13/h4-8,12H,13H2,1-3H3/b6-5-,9-4+,10-7+. The summed E-state index contributed by atoms with van der Waals surface area (Å²) in [4.78, 5) is 0. The van der Waals surface area contributed by atoms with Crippen molar-refractivity contribution in [2.45, 2.75) is 13.8 Å². The minimum absolute atomic E-state index is 0.213. The molecule has 0 aromatic heterocycles. The second-order valence-electron chi connectivity index (χ2n) is 2.77. The molecule has 0 rings (SSSR count). The van der Waals surface area contributed by atoms with Crippen LogP contribution in [-0.2, 0) is 0 Å². The minimum Gasteiger partial charge on any atom is -0.508 e. The van der Waals surface area contributed by atoms with Gasteiger partial charge in [-0.15, -0.1) is 0 Å². The second kappa shape index (κ2) is 6.67. The minimum atomic E-state index is 0.213. The molecule has 4 heteroatoms. The van der Waals surface area contributed by atoms with Crippen molar-refractivity contribution in [3.63, 3.8) is 0 Å². The molecule has 0 saturated heterocycles. The van der Waals surface area contributed by atoms with Gasteiger partial charge in [-0.05, 0) is 28.5 Å². The third-order valence-corrected chi connectivity index (χ3v) is 1.48. The molecule has 2 unspecified atom stereocenters. The van der Waals surface area contributed by atoms with E-state index in [-0.39, 0.29) is 11.7 Å². The first-order valence-electron chi connectivity index (χ1n) is 4.12. The number of hydrazone groups is 1. The van der Waals surface area contributed by atoms with Gasteiger partial charge < -0.3 is 5.11 Å². The van der Waals surface area contributed by atoms with Gasteiger partial charge in [0.05, 0.1) is 0 Å². The van der Waals surface area contributed by atoms with E-state index in [0.717, 1.165) is 0 Å². The van der Waals surface area contributed by atoms with E-state index >= 15 is 0 Å². The highest BCUT2D eigenvalue weighted by atomic mass is 31.0. The zero-order valence-corrected chi connectivity index (χ0v) is 9.46. The quantitative estimate of drug-likeness (QED) is 0.248. The Kier molecular flexibility index (Phi) is 6.25. The monoisotopic (exact) mass is 200 g/mol. The number of rotatable bonds is 4. The molecule has 0 aliphatic rings. The Labute approximate surface area is 82.1 Å². The normalized spacial score (nSPS) is 15.5. The third-order valence-electron chi connectivity index (χ3n) is 1.35. The molecule has 74 valence electrons. The van der Waals surface area contributed by atoms with Gasteiger partial charge in [-0.25, -0.2) is 0 Å². The molecule has 1 N–H and O–H groups in total. The molecule has 3 nitrogen and oxygen atoms in total. The molecule has 13 heavy (non-hydrogen) atoms. The smallest absolute Gasteiger partial charge is 0.111 e. The summed E-state index contributed by atoms with van der Waals surface area (Å²) in [5.41, 5.74) is 0. The lowest BCUT2D eigenvalue weighted by atomic mass is 10.2. The van der Waals surface area contributed by atoms with Crippen LogP contribution in [0.1, 0.15) is 13.8 Å². The summed E-state index contributed by atoms with van der Waals surface area (Å²) in [7, 11) is 4.27. The first-order valence-corrected chi connectivity index (χ1v) is 4.64. The highest BCUT2D eigenvalue weighted by Gasteiger charge is 1.91. The van der Waals surface area contributed by atoms with E-state index in [1.807, 2.05) is 20.0 Å². The van der Waals surface area contributed by atoms with Crippen molar-refractivity contribution in [1.82, 2.24) is 4.78 Å². The van der Waals surface area contributed by atoms with Gasteiger partial charge in [-0.3, -0.25) is 4.78 Å². The average molecular weight is 200 g/mol. The molecule has 0 aromatic carbocycles. The van der Waals surface area contributed by atoms with Crippen LogP contribution in [0, 0.1) is 5.92 Å². The maximum atomic E-state index is 9.10. The zero-order valence-electron chi connectivity index (χ0n) is 8.31. The van der Waals surface area contributed by atoms with E-state index < -0.39 is 0 Å². The Balaban J connectivity index is 4.00. The predicted octanol–water partition coefficient (Wildman–Crippen LogP) is 2.35. The van der Waals surface area contributed by atoms with E-state index in [0.29, 0.717) is 0 Å². The van der Waals surface area contributed by atoms with Crippen molar-refractivity contribution in [3.05, 3.63) is 24.0 Å². The van der Waals surface area contributed by atoms with E-state index in [4.69, 9.17) is 5.11 Å². The first kappa shape index (κ1) is 12.2. The molecule has 0 aliphatic carbocycles. The van der Waals surface area contributed by atoms with Crippen LogP contribution in [0.5, 0.6) is 0 Å². The van der Waals surface area contributed by atoms with Gasteiger partial charge in [0.15, 0.2) is 0 Å². The molecule has 0 amide bonds. The van der Waals surface area contributed by atoms with Crippen molar-refractivity contribution in [2.24, 2.45) is 11.0 Å². The van der Waals surface area contributed by atoms with E-state index in [9.17, 15) is 0 Å². The van der Waals surface area contributed by atoms with Gasteiger partial charge in [-0.2, -0.15) is 5.10 Å². The van der Waals surface area contributed by atoms with Crippen molar-refractivity contribution >= 4 is 15.6 Å². The summed E-state index contributed by atoms with van der Waals surface area (Å²) in [5.74, 6) is 0.490. The number of nitrogens with zero attached hydrogens (tertiary/aromatic N) is 2. The van der Waals surface area contributed by atoms with Crippen LogP contribution < -0.4 is 0 Å². The van der Waals surface area contributed by atoms with E-state index in [1.54, 1.807) is 30.1 Å². The summed E-state index contributed by atoms with van der Waals surface area (Å²) >= 11 is 0. The molecule has 0 radical (unpaired) electrons. The lowest BCUT2D eigenvalue weighted by Crippen LogP contribution is -1.97. The molecular formula is C9H17N2OP. The number of hydrogen-bond donors (Lipinski definition) is 1. The van der Waals surface area contributed by atoms with Gasteiger partial charge in [-0.1, -0.05) is 13.0 Å². The Morgan fingerprint density at radius 3 is 2.69 bits per heavy atom. The number of aliphatic hydroxyl groups is 1. The molecule has 0 aliphatic heterocycles. The summed E-state index contributed by atoms with van der Waals surface area (Å²) in [5, 5.41) is 13.1. The second-order valence-corrected chi connectivity index (χ2v) is 3.52. The van der Waals surface area contributed by atoms with Crippen LogP contribution in [0.15, 0.2) is 29.1 Å². The summed E-state index contributed by atoms with van der Waals surface area (Å²) < 4.78 is 1.65. The molecule has 0 fully saturated rings. The fourth-order valence-corrected chi connectivity index (χ4v) is 0.684. The Hall–Kier alpha value is -0.820.